The van der Waals surface area contributed by atoms with Crippen LogP contribution in [0.3, 0.4) is 0 Å². The molecule has 0 saturated heterocycles. The van der Waals surface area contributed by atoms with E-state index in [4.69, 9.17) is 10.2 Å². The topological polar surface area (TPSA) is 347 Å². The summed E-state index contributed by atoms with van der Waals surface area (Å²) in [4.78, 5) is 90.2. The predicted octanol–water partition coefficient (Wildman–Crippen LogP) is -14.4. The molecule has 49 heavy (non-hydrogen) atoms. The normalized spacial score (nSPS) is 10.1. The van der Waals surface area contributed by atoms with Gasteiger partial charge in [-0.15, -0.1) is 0 Å². The number of nitrogens with zero attached hydrogens (tertiary/aromatic N) is 4. The van der Waals surface area contributed by atoms with Crippen molar-refractivity contribution in [3.8, 4) is 0 Å². The van der Waals surface area contributed by atoms with Crippen molar-refractivity contribution in [3.05, 3.63) is 0 Å². The van der Waals surface area contributed by atoms with E-state index in [0.717, 1.165) is 19.6 Å². The van der Waals surface area contributed by atoms with Crippen LogP contribution in [0, 0.1) is 0 Å². The average molecular weight is 739 g/mol. The van der Waals surface area contributed by atoms with Gasteiger partial charge in [-0.3, -0.25) is 29.2 Å². The molecule has 0 amide bonds. The van der Waals surface area contributed by atoms with Crippen molar-refractivity contribution in [2.45, 2.75) is 0 Å². The van der Waals surface area contributed by atoms with Gasteiger partial charge in [0.25, 0.3) is 0 Å². The third-order valence-corrected chi connectivity index (χ3v) is 5.00. The number of carboxylic acid groups (broad SMARTS) is 6. The summed E-state index contributed by atoms with van der Waals surface area (Å²) in [5.41, 5.74) is 0. The van der Waals surface area contributed by atoms with E-state index in [2.05, 4.69) is 9.47 Å². The Morgan fingerprint density at radius 1 is 0.388 bits per heavy atom. The maximum Gasteiger partial charge on any atom is 2.00 e. The van der Waals surface area contributed by atoms with E-state index in [1.165, 1.54) is 0 Å². The van der Waals surface area contributed by atoms with Crippen LogP contribution in [0.25, 0.3) is 0 Å². The second-order valence-corrected chi connectivity index (χ2v) is 8.96. The van der Waals surface area contributed by atoms with E-state index in [1.54, 1.807) is 0 Å². The molecule has 0 unspecified atom stereocenters. The summed E-state index contributed by atoms with van der Waals surface area (Å²) >= 11 is 0. The number of aliphatic carboxylic acids is 6. The van der Waals surface area contributed by atoms with Gasteiger partial charge in [-0.25, -0.2) is 0 Å². The van der Waals surface area contributed by atoms with Crippen molar-refractivity contribution < 1.29 is 88.7 Å². The molecular weight excluding hydrogens is 705 g/mol. The average Bonchev–Trinajstić information content (AvgIpc) is 2.90. The zero-order valence-corrected chi connectivity index (χ0v) is 30.9. The third-order valence-electron chi connectivity index (χ3n) is 5.00. The molecule has 0 atom stereocenters. The molecule has 0 aliphatic heterocycles. The Bertz CT molecular complexity index is 916. The minimum atomic E-state index is -1.51. The van der Waals surface area contributed by atoms with E-state index in [-0.39, 0.29) is 109 Å². The quantitative estimate of drug-likeness (QED) is 0.0614. The fourth-order valence-corrected chi connectivity index (χ4v) is 3.29. The van der Waals surface area contributed by atoms with Crippen LogP contribution in [0.15, 0.2) is 0 Å². The first kappa shape index (κ1) is 56.2. The number of esters is 2. The van der Waals surface area contributed by atoms with Crippen molar-refractivity contribution >= 4 is 117 Å². The third kappa shape index (κ3) is 38.5. The van der Waals surface area contributed by atoms with Crippen molar-refractivity contribution in [1.29, 1.82) is 0 Å². The minimum Gasteiger partial charge on any atom is -0.549 e. The van der Waals surface area contributed by atoms with Crippen LogP contribution in [0.5, 0.6) is 0 Å². The van der Waals surface area contributed by atoms with Crippen molar-refractivity contribution in [1.82, 2.24) is 19.6 Å². The van der Waals surface area contributed by atoms with Crippen LogP contribution >= 0.6 is 0 Å². The van der Waals surface area contributed by atoms with Gasteiger partial charge in [0.2, 0.25) is 0 Å². The molecule has 0 aromatic carbocycles. The van der Waals surface area contributed by atoms with Gasteiger partial charge in [0.1, 0.15) is 13.2 Å². The first-order valence-electron chi connectivity index (χ1n) is 13.1. The predicted molar refractivity (Wildman–Crippen MR) is 149 cm³/mol. The van der Waals surface area contributed by atoms with Crippen molar-refractivity contribution in [3.63, 3.8) is 0 Å². The molecule has 0 aliphatic rings. The molecule has 0 radical (unpaired) electrons. The summed E-state index contributed by atoms with van der Waals surface area (Å²) in [5, 5.41) is 80.4. The van der Waals surface area contributed by atoms with Crippen LogP contribution in [0.4, 0.5) is 0 Å². The molecule has 22 nitrogen and oxygen atoms in total. The van der Waals surface area contributed by atoms with E-state index in [0.29, 0.717) is 0 Å². The maximum atomic E-state index is 11.4. The second-order valence-electron chi connectivity index (χ2n) is 8.96. The molecule has 264 valence electrons. The Labute approximate surface area is 328 Å². The van der Waals surface area contributed by atoms with Gasteiger partial charge in [-0.05, 0) is 0 Å². The van der Waals surface area contributed by atoms with Gasteiger partial charge < -0.3 is 79.1 Å². The summed E-state index contributed by atoms with van der Waals surface area (Å²) < 4.78 is 9.15. The minimum absolute atomic E-state index is 0. The van der Waals surface area contributed by atoms with Crippen molar-refractivity contribution in [2.75, 3.05) is 105 Å². The number of carbonyl (C=O) groups excluding carboxylic acids is 8. The second kappa shape index (κ2) is 34.3. The Kier molecular flexibility index (Phi) is 39.3. The molecule has 0 rings (SSSR count). The molecule has 25 heteroatoms. The number of rotatable bonds is 26. The molecule has 0 heterocycles. The summed E-state index contributed by atoms with van der Waals surface area (Å²) in [6.45, 7) is -6.83. The monoisotopic (exact) mass is 738 g/mol. The van der Waals surface area contributed by atoms with E-state index < -0.39 is 113 Å². The first-order valence-corrected chi connectivity index (χ1v) is 13.1. The number of carbonyl (C=O) groups is 8. The molecular formula is C24H34Mg3N4O18. The van der Waals surface area contributed by atoms with Crippen LogP contribution in [0.2, 0.25) is 0 Å². The number of ether oxygens (including phenoxy) is 2. The van der Waals surface area contributed by atoms with Gasteiger partial charge in [-0.2, -0.15) is 0 Å². The Hall–Kier alpha value is -2.18. The van der Waals surface area contributed by atoms with E-state index in [1.807, 2.05) is 0 Å². The smallest absolute Gasteiger partial charge is 0.549 e. The molecule has 2 N–H and O–H groups in total. The fraction of sp³-hybridized carbons (Fsp3) is 0.667. The molecule has 0 bridgehead atoms. The van der Waals surface area contributed by atoms with Crippen LogP contribution in [-0.4, -0.2) is 252 Å². The van der Waals surface area contributed by atoms with E-state index >= 15 is 0 Å². The first-order chi connectivity index (χ1) is 21.5. The van der Waals surface area contributed by atoms with Gasteiger partial charge in [0, 0.05) is 65.4 Å². The summed E-state index contributed by atoms with van der Waals surface area (Å²) in [5.74, 6) is -10.6. The molecule has 0 aromatic heterocycles. The Morgan fingerprint density at radius 2 is 0.571 bits per heavy atom. The zero-order chi connectivity index (χ0) is 35.7. The number of carboxylic acids is 6. The van der Waals surface area contributed by atoms with Gasteiger partial charge >= 0.3 is 81.1 Å². The van der Waals surface area contributed by atoms with Crippen LogP contribution in [-0.2, 0) is 47.8 Å². The van der Waals surface area contributed by atoms with Crippen molar-refractivity contribution in [2.24, 2.45) is 0 Å². The van der Waals surface area contributed by atoms with E-state index in [9.17, 15) is 69.0 Å². The molecule has 0 spiro atoms. The van der Waals surface area contributed by atoms with Gasteiger partial charge in [-0.1, -0.05) is 0 Å². The summed E-state index contributed by atoms with van der Waals surface area (Å²) in [7, 11) is 0. The molecule has 0 saturated carbocycles. The molecule has 0 aliphatic carbocycles. The summed E-state index contributed by atoms with van der Waals surface area (Å²) in [6.07, 6.45) is 0. The number of aliphatic hydroxyl groups is 2. The Balaban J connectivity index is -0.000000248. The summed E-state index contributed by atoms with van der Waals surface area (Å²) in [6, 6.07) is 0. The number of hydrogen-bond donors (Lipinski definition) is 2. The zero-order valence-electron chi connectivity index (χ0n) is 26.7. The SMILES string of the molecule is O=C([O-])CN(CCN(CC(=O)[O-])CC(=O)OCCO)CC(=O)[O-].O=C([O-])CN(CCN(CC(=O)[O-])CC(=O)OCCO)CC(=O)[O-].[Mg+2].[Mg+2].[Mg+2]. The van der Waals surface area contributed by atoms with Gasteiger partial charge in [0.15, 0.2) is 0 Å². The molecule has 0 fully saturated rings. The number of aliphatic hydroxyl groups excluding tert-OH is 2. The number of hydrogen-bond acceptors (Lipinski definition) is 22. The van der Waals surface area contributed by atoms with Gasteiger partial charge in [0.05, 0.1) is 62.1 Å². The van der Waals surface area contributed by atoms with Crippen LogP contribution in [0.1, 0.15) is 0 Å². The Morgan fingerprint density at radius 3 is 0.735 bits per heavy atom. The molecule has 0 aromatic rings. The maximum absolute atomic E-state index is 11.4. The standard InChI is InChI=1S/2C12H20N2O9.3Mg/c2*15-3-4-23-12(22)8-14(7-11(20)21)2-1-13(5-9(16)17)6-10(18)19;;;/h2*15H,1-8H2,(H,16,17)(H,18,19)(H,20,21);;;/q;;3*+2/p-6. The van der Waals surface area contributed by atoms with Crippen LogP contribution < -0.4 is 30.6 Å². The fourth-order valence-electron chi connectivity index (χ4n) is 3.29. The largest absolute Gasteiger partial charge is 2.00 e.